The molecule has 33 heavy (non-hydrogen) atoms. The van der Waals surface area contributed by atoms with Crippen LogP contribution in [0.25, 0.3) is 11.2 Å². The summed E-state index contributed by atoms with van der Waals surface area (Å²) in [6.45, 7) is 1.86. The molecule has 11 nitrogen and oxygen atoms in total. The first-order valence-corrected chi connectivity index (χ1v) is 11.1. The number of nitrogens with zero attached hydrogens (tertiary/aromatic N) is 4. The Bertz CT molecular complexity index is 1250. The number of rotatable bonds is 10. The van der Waals surface area contributed by atoms with Gasteiger partial charge in [0.05, 0.1) is 26.0 Å². The van der Waals surface area contributed by atoms with Crippen molar-refractivity contribution >= 4 is 28.9 Å². The summed E-state index contributed by atoms with van der Waals surface area (Å²) in [4.78, 5) is 41.4. The number of esters is 1. The van der Waals surface area contributed by atoms with Crippen LogP contribution in [-0.4, -0.2) is 61.9 Å². The zero-order valence-corrected chi connectivity index (χ0v) is 19.6. The van der Waals surface area contributed by atoms with Crippen LogP contribution < -0.4 is 20.7 Å². The molecule has 0 aliphatic rings. The van der Waals surface area contributed by atoms with E-state index in [0.717, 1.165) is 16.3 Å². The highest BCUT2D eigenvalue weighted by Gasteiger charge is 2.22. The van der Waals surface area contributed by atoms with Crippen molar-refractivity contribution in [2.24, 2.45) is 14.1 Å². The number of carbonyl (C=O) groups excluding carboxylic acids is 1. The van der Waals surface area contributed by atoms with Crippen LogP contribution in [0.15, 0.2) is 39.0 Å². The molecule has 0 saturated carbocycles. The maximum Gasteiger partial charge on any atom is 0.332 e. The first kappa shape index (κ1) is 24.4. The van der Waals surface area contributed by atoms with E-state index in [1.165, 1.54) is 23.2 Å². The highest BCUT2D eigenvalue weighted by Crippen LogP contribution is 2.23. The van der Waals surface area contributed by atoms with E-state index < -0.39 is 23.3 Å². The van der Waals surface area contributed by atoms with Crippen LogP contribution in [0.1, 0.15) is 6.92 Å². The van der Waals surface area contributed by atoms with Crippen LogP contribution in [0.3, 0.4) is 0 Å². The number of carbonyl (C=O) groups is 1. The van der Waals surface area contributed by atoms with Gasteiger partial charge in [0, 0.05) is 14.1 Å². The Hall–Kier alpha value is -3.25. The van der Waals surface area contributed by atoms with Crippen molar-refractivity contribution in [2.75, 3.05) is 26.1 Å². The summed E-state index contributed by atoms with van der Waals surface area (Å²) in [5, 5.41) is 10.9. The van der Waals surface area contributed by atoms with Gasteiger partial charge in [-0.25, -0.2) is 9.78 Å². The number of ether oxygens (including phenoxy) is 3. The predicted molar refractivity (Wildman–Crippen MR) is 122 cm³/mol. The van der Waals surface area contributed by atoms with Gasteiger partial charge in [-0.3, -0.25) is 18.7 Å². The van der Waals surface area contributed by atoms with Gasteiger partial charge < -0.3 is 23.9 Å². The number of imidazole rings is 1. The molecule has 0 aliphatic carbocycles. The van der Waals surface area contributed by atoms with E-state index in [1.807, 2.05) is 0 Å². The largest absolute Gasteiger partial charge is 0.497 e. The summed E-state index contributed by atoms with van der Waals surface area (Å²) >= 11 is 1.06. The van der Waals surface area contributed by atoms with Crippen molar-refractivity contribution in [3.8, 4) is 11.5 Å². The van der Waals surface area contributed by atoms with Crippen LogP contribution in [0, 0.1) is 0 Å². The third-order valence-corrected chi connectivity index (χ3v) is 5.78. The smallest absolute Gasteiger partial charge is 0.332 e. The lowest BCUT2D eigenvalue weighted by molar-refractivity contribution is -0.139. The Morgan fingerprint density at radius 3 is 2.45 bits per heavy atom. The molecule has 0 saturated heterocycles. The number of methoxy groups -OCH3 is 1. The second-order valence-corrected chi connectivity index (χ2v) is 8.06. The van der Waals surface area contributed by atoms with Crippen LogP contribution in [0.2, 0.25) is 0 Å². The molecule has 0 radical (unpaired) electrons. The quantitative estimate of drug-likeness (QED) is 0.328. The Labute approximate surface area is 193 Å². The molecule has 1 N–H and O–H groups in total. The van der Waals surface area contributed by atoms with Crippen molar-refractivity contribution in [1.29, 1.82) is 0 Å². The fraction of sp³-hybridized carbons (Fsp3) is 0.429. The normalized spacial score (nSPS) is 12.0. The van der Waals surface area contributed by atoms with E-state index in [-0.39, 0.29) is 36.7 Å². The van der Waals surface area contributed by atoms with Crippen molar-refractivity contribution < 1.29 is 24.1 Å². The van der Waals surface area contributed by atoms with E-state index in [2.05, 4.69) is 4.98 Å². The molecule has 0 amide bonds. The molecule has 3 aromatic rings. The monoisotopic (exact) mass is 478 g/mol. The molecule has 0 fully saturated rings. The Morgan fingerprint density at radius 2 is 1.82 bits per heavy atom. The molecule has 3 rings (SSSR count). The summed E-state index contributed by atoms with van der Waals surface area (Å²) in [6, 6.07) is 6.90. The van der Waals surface area contributed by atoms with Gasteiger partial charge in [0.15, 0.2) is 16.3 Å². The highest BCUT2D eigenvalue weighted by molar-refractivity contribution is 7.99. The summed E-state index contributed by atoms with van der Waals surface area (Å²) in [5.41, 5.74) is -0.762. The number of aliphatic hydroxyl groups is 1. The van der Waals surface area contributed by atoms with Gasteiger partial charge in [0.25, 0.3) is 5.56 Å². The third kappa shape index (κ3) is 5.40. The lowest BCUT2D eigenvalue weighted by atomic mass is 10.3. The number of hydrogen-bond donors (Lipinski definition) is 1. The molecule has 0 unspecified atom stereocenters. The molecule has 178 valence electrons. The topological polar surface area (TPSA) is 127 Å². The maximum absolute atomic E-state index is 12.9. The van der Waals surface area contributed by atoms with Gasteiger partial charge >= 0.3 is 11.7 Å². The van der Waals surface area contributed by atoms with Crippen molar-refractivity contribution in [3.63, 3.8) is 0 Å². The highest BCUT2D eigenvalue weighted by atomic mass is 32.2. The van der Waals surface area contributed by atoms with Gasteiger partial charge in [-0.15, -0.1) is 0 Å². The molecule has 2 aromatic heterocycles. The van der Waals surface area contributed by atoms with Crippen LogP contribution in [0.4, 0.5) is 0 Å². The van der Waals surface area contributed by atoms with Crippen LogP contribution >= 0.6 is 11.8 Å². The minimum absolute atomic E-state index is 0.0365. The Balaban J connectivity index is 1.89. The van der Waals surface area contributed by atoms with E-state index >= 15 is 0 Å². The lowest BCUT2D eigenvalue weighted by Gasteiger charge is -2.15. The molecule has 0 bridgehead atoms. The number of aromatic nitrogens is 4. The summed E-state index contributed by atoms with van der Waals surface area (Å²) in [6.07, 6.45) is -1.01. The van der Waals surface area contributed by atoms with E-state index in [9.17, 15) is 19.5 Å². The molecule has 0 aliphatic heterocycles. The van der Waals surface area contributed by atoms with Crippen molar-refractivity contribution in [3.05, 3.63) is 45.1 Å². The van der Waals surface area contributed by atoms with E-state index in [4.69, 9.17) is 14.2 Å². The zero-order valence-electron chi connectivity index (χ0n) is 18.8. The summed E-state index contributed by atoms with van der Waals surface area (Å²) in [7, 11) is 4.44. The SMILES string of the molecule is CCOC(=O)CSc1nc2c(c(=O)n(C)c(=O)n2C)n1C[C@H](O)COc1ccc(OC)cc1. The molecule has 0 spiro atoms. The first-order valence-electron chi connectivity index (χ1n) is 10.2. The number of aliphatic hydroxyl groups excluding tert-OH is 1. The number of benzene rings is 1. The average Bonchev–Trinajstić information content (AvgIpc) is 3.17. The van der Waals surface area contributed by atoms with E-state index in [0.29, 0.717) is 16.7 Å². The van der Waals surface area contributed by atoms with Crippen molar-refractivity contribution in [1.82, 2.24) is 18.7 Å². The Kier molecular flexibility index (Phi) is 7.82. The van der Waals surface area contributed by atoms with Gasteiger partial charge in [-0.05, 0) is 31.2 Å². The number of hydrogen-bond acceptors (Lipinski definition) is 9. The summed E-state index contributed by atoms with van der Waals surface area (Å²) in [5.74, 6) is 0.744. The van der Waals surface area contributed by atoms with Gasteiger partial charge in [0.2, 0.25) is 0 Å². The van der Waals surface area contributed by atoms with Crippen molar-refractivity contribution in [2.45, 2.75) is 24.7 Å². The molecule has 2 heterocycles. The van der Waals surface area contributed by atoms with E-state index in [1.54, 1.807) is 38.3 Å². The van der Waals surface area contributed by atoms with Crippen LogP contribution in [-0.2, 0) is 30.2 Å². The standard InChI is InChI=1S/C21H26N4O7S/c1-5-31-16(27)12-33-20-22-18-17(19(28)24(3)21(29)23(18)2)25(20)10-13(26)11-32-15-8-6-14(30-4)7-9-15/h6-9,13,26H,5,10-12H2,1-4H3/t13-/m0/s1. The minimum Gasteiger partial charge on any atom is -0.497 e. The van der Waals surface area contributed by atoms with Crippen LogP contribution in [0.5, 0.6) is 11.5 Å². The van der Waals surface area contributed by atoms with Gasteiger partial charge in [0.1, 0.15) is 24.2 Å². The predicted octanol–water partition coefficient (Wildman–Crippen LogP) is 0.537. The summed E-state index contributed by atoms with van der Waals surface area (Å²) < 4.78 is 19.4. The zero-order chi connectivity index (χ0) is 24.1. The molecule has 12 heteroatoms. The number of thioether (sulfide) groups is 1. The van der Waals surface area contributed by atoms with Gasteiger partial charge in [-0.2, -0.15) is 0 Å². The van der Waals surface area contributed by atoms with Gasteiger partial charge in [-0.1, -0.05) is 11.8 Å². The fourth-order valence-corrected chi connectivity index (χ4v) is 3.96. The second kappa shape index (κ2) is 10.6. The first-order chi connectivity index (χ1) is 15.8. The third-order valence-electron chi connectivity index (χ3n) is 4.83. The lowest BCUT2D eigenvalue weighted by Crippen LogP contribution is -2.38. The number of fused-ring (bicyclic) bond motifs is 1. The average molecular weight is 479 g/mol. The Morgan fingerprint density at radius 1 is 1.15 bits per heavy atom. The second-order valence-electron chi connectivity index (χ2n) is 7.12. The molecular weight excluding hydrogens is 452 g/mol. The number of aryl methyl sites for hydroxylation is 1. The molecular formula is C21H26N4O7S. The minimum atomic E-state index is -1.01. The maximum atomic E-state index is 12.9. The molecule has 1 atom stereocenters. The fourth-order valence-electron chi connectivity index (χ4n) is 3.16. The molecule has 1 aromatic carbocycles.